The molecule has 0 atom stereocenters. The first-order chi connectivity index (χ1) is 5.27. The van der Waals surface area contributed by atoms with Crippen molar-refractivity contribution in [3.05, 3.63) is 0 Å². The molecule has 0 nitrogen and oxygen atoms in total. The molecule has 0 unspecified atom stereocenters. The van der Waals surface area contributed by atoms with Crippen LogP contribution in [0.4, 0.5) is 0 Å². The first kappa shape index (κ1) is 9.44. The Morgan fingerprint density at radius 3 is 2.36 bits per heavy atom. The average molecular weight is 172 g/mol. The molecule has 0 heterocycles. The molecule has 0 bridgehead atoms. The van der Waals surface area contributed by atoms with E-state index in [2.05, 4.69) is 25.6 Å². The molecule has 0 aromatic carbocycles. The van der Waals surface area contributed by atoms with E-state index in [1.54, 1.807) is 0 Å². The zero-order valence-electron chi connectivity index (χ0n) is 7.86. The van der Waals surface area contributed by atoms with E-state index in [-0.39, 0.29) is 0 Å². The summed E-state index contributed by atoms with van der Waals surface area (Å²) in [6.07, 6.45) is 7.37. The number of hydrogen-bond donors (Lipinski definition) is 0. The number of hydrogen-bond acceptors (Lipinski definition) is 1. The molecule has 11 heavy (non-hydrogen) atoms. The molecule has 0 N–H and O–H groups in total. The Bertz CT molecular complexity index is 103. The molecule has 1 saturated carbocycles. The highest BCUT2D eigenvalue weighted by atomic mass is 32.2. The maximum Gasteiger partial charge on any atom is -0.00136 e. The molecule has 1 aliphatic carbocycles. The molecule has 0 aromatic rings. The summed E-state index contributed by atoms with van der Waals surface area (Å²) >= 11 is 2.11. The van der Waals surface area contributed by atoms with Gasteiger partial charge in [0.1, 0.15) is 0 Å². The van der Waals surface area contributed by atoms with Gasteiger partial charge in [-0.05, 0) is 29.8 Å². The van der Waals surface area contributed by atoms with E-state index in [9.17, 15) is 0 Å². The van der Waals surface area contributed by atoms with Gasteiger partial charge in [0.25, 0.3) is 0 Å². The smallest absolute Gasteiger partial charge is 0.00136 e. The van der Waals surface area contributed by atoms with E-state index >= 15 is 0 Å². The van der Waals surface area contributed by atoms with Crippen molar-refractivity contribution in [2.75, 3.05) is 11.5 Å². The van der Waals surface area contributed by atoms with Crippen molar-refractivity contribution >= 4 is 11.8 Å². The Balaban J connectivity index is 2.25. The fraction of sp³-hybridized carbons (Fsp3) is 1.00. The Morgan fingerprint density at radius 1 is 1.18 bits per heavy atom. The van der Waals surface area contributed by atoms with E-state index in [0.717, 1.165) is 0 Å². The first-order valence-corrected chi connectivity index (χ1v) is 6.00. The van der Waals surface area contributed by atoms with Gasteiger partial charge in [-0.25, -0.2) is 0 Å². The van der Waals surface area contributed by atoms with Gasteiger partial charge in [0.15, 0.2) is 0 Å². The molecule has 66 valence electrons. The van der Waals surface area contributed by atoms with Crippen LogP contribution in [0, 0.1) is 5.41 Å². The van der Waals surface area contributed by atoms with Crippen LogP contribution < -0.4 is 0 Å². The van der Waals surface area contributed by atoms with Gasteiger partial charge in [-0.2, -0.15) is 11.8 Å². The third-order valence-corrected chi connectivity index (χ3v) is 4.02. The van der Waals surface area contributed by atoms with Gasteiger partial charge >= 0.3 is 0 Å². The molecule has 0 spiro atoms. The molecule has 0 aromatic heterocycles. The highest BCUT2D eigenvalue weighted by Crippen LogP contribution is 2.38. The quantitative estimate of drug-likeness (QED) is 0.625. The fourth-order valence-corrected chi connectivity index (χ4v) is 2.88. The normalized spacial score (nSPS) is 23.5. The van der Waals surface area contributed by atoms with Crippen LogP contribution >= 0.6 is 11.8 Å². The van der Waals surface area contributed by atoms with Gasteiger partial charge in [0.05, 0.1) is 0 Å². The first-order valence-electron chi connectivity index (χ1n) is 4.85. The van der Waals surface area contributed by atoms with Crippen molar-refractivity contribution in [1.29, 1.82) is 0 Å². The molecule has 1 heteroatoms. The topological polar surface area (TPSA) is 0 Å². The lowest BCUT2D eigenvalue weighted by atomic mass is 9.77. The van der Waals surface area contributed by atoms with Crippen LogP contribution in [0.15, 0.2) is 0 Å². The molecule has 0 radical (unpaired) electrons. The molecular weight excluding hydrogens is 152 g/mol. The summed E-state index contributed by atoms with van der Waals surface area (Å²) in [5.41, 5.74) is 0.693. The van der Waals surface area contributed by atoms with E-state index < -0.39 is 0 Å². The molecule has 1 fully saturated rings. The van der Waals surface area contributed by atoms with Gasteiger partial charge in [0, 0.05) is 0 Å². The van der Waals surface area contributed by atoms with Gasteiger partial charge in [0.2, 0.25) is 0 Å². The van der Waals surface area contributed by atoms with Crippen LogP contribution in [0.3, 0.4) is 0 Å². The molecule has 0 saturated heterocycles. The van der Waals surface area contributed by atoms with Crippen molar-refractivity contribution in [2.45, 2.75) is 46.0 Å². The lowest BCUT2D eigenvalue weighted by Gasteiger charge is -2.33. The predicted molar refractivity (Wildman–Crippen MR) is 54.2 cm³/mol. The van der Waals surface area contributed by atoms with Crippen molar-refractivity contribution in [1.82, 2.24) is 0 Å². The summed E-state index contributed by atoms with van der Waals surface area (Å²) in [7, 11) is 0. The van der Waals surface area contributed by atoms with Gasteiger partial charge in [-0.3, -0.25) is 0 Å². The fourth-order valence-electron chi connectivity index (χ4n) is 1.90. The van der Waals surface area contributed by atoms with Gasteiger partial charge in [-0.15, -0.1) is 0 Å². The van der Waals surface area contributed by atoms with E-state index in [1.165, 1.54) is 43.6 Å². The van der Waals surface area contributed by atoms with Crippen LogP contribution in [-0.4, -0.2) is 11.5 Å². The SMILES string of the molecule is CCSCC1(C)CCCCC1. The zero-order valence-corrected chi connectivity index (χ0v) is 8.67. The predicted octanol–water partition coefficient (Wildman–Crippen LogP) is 3.71. The molecule has 0 amide bonds. The minimum Gasteiger partial charge on any atom is -0.162 e. The standard InChI is InChI=1S/C10H20S/c1-3-11-9-10(2)7-5-4-6-8-10/h3-9H2,1-2H3. The summed E-state index contributed by atoms with van der Waals surface area (Å²) in [5.74, 6) is 2.68. The second kappa shape index (κ2) is 4.39. The van der Waals surface area contributed by atoms with Crippen molar-refractivity contribution in [3.63, 3.8) is 0 Å². The average Bonchev–Trinajstić information content (AvgIpc) is 2.03. The Labute approximate surface area is 75.1 Å². The second-order valence-electron chi connectivity index (χ2n) is 4.01. The summed E-state index contributed by atoms with van der Waals surface area (Å²) in [6.45, 7) is 4.73. The Hall–Kier alpha value is 0.350. The molecule has 1 aliphatic rings. The number of thioether (sulfide) groups is 1. The number of rotatable bonds is 3. The largest absolute Gasteiger partial charge is 0.162 e. The summed E-state index contributed by atoms with van der Waals surface area (Å²) < 4.78 is 0. The van der Waals surface area contributed by atoms with Crippen LogP contribution in [0.1, 0.15) is 46.0 Å². The van der Waals surface area contributed by atoms with Crippen LogP contribution in [0.25, 0.3) is 0 Å². The van der Waals surface area contributed by atoms with E-state index in [4.69, 9.17) is 0 Å². The van der Waals surface area contributed by atoms with Crippen molar-refractivity contribution in [2.24, 2.45) is 5.41 Å². The molecule has 0 aliphatic heterocycles. The molecular formula is C10H20S. The maximum absolute atomic E-state index is 2.47. The van der Waals surface area contributed by atoms with Gasteiger partial charge < -0.3 is 0 Å². The van der Waals surface area contributed by atoms with Crippen LogP contribution in [0.5, 0.6) is 0 Å². The Kier molecular flexibility index (Phi) is 3.77. The maximum atomic E-state index is 2.47. The second-order valence-corrected chi connectivity index (χ2v) is 5.28. The summed E-state index contributed by atoms with van der Waals surface area (Å²) in [5, 5.41) is 0. The molecule has 1 rings (SSSR count). The van der Waals surface area contributed by atoms with Crippen molar-refractivity contribution in [3.8, 4) is 0 Å². The lowest BCUT2D eigenvalue weighted by Crippen LogP contribution is -2.22. The summed E-state index contributed by atoms with van der Waals surface area (Å²) in [6, 6.07) is 0. The Morgan fingerprint density at radius 2 is 1.82 bits per heavy atom. The van der Waals surface area contributed by atoms with Gasteiger partial charge in [-0.1, -0.05) is 33.1 Å². The highest BCUT2D eigenvalue weighted by molar-refractivity contribution is 7.99. The van der Waals surface area contributed by atoms with Crippen molar-refractivity contribution < 1.29 is 0 Å². The zero-order chi connectivity index (χ0) is 8.16. The van der Waals surface area contributed by atoms with Crippen LogP contribution in [-0.2, 0) is 0 Å². The minimum absolute atomic E-state index is 0.693. The highest BCUT2D eigenvalue weighted by Gasteiger charge is 2.25. The van der Waals surface area contributed by atoms with E-state index in [1.807, 2.05) is 0 Å². The third-order valence-electron chi connectivity index (χ3n) is 2.72. The van der Waals surface area contributed by atoms with E-state index in [0.29, 0.717) is 5.41 Å². The third kappa shape index (κ3) is 3.06. The van der Waals surface area contributed by atoms with Crippen LogP contribution in [0.2, 0.25) is 0 Å². The minimum atomic E-state index is 0.693. The lowest BCUT2D eigenvalue weighted by molar-refractivity contribution is 0.251. The summed E-state index contributed by atoms with van der Waals surface area (Å²) in [4.78, 5) is 0. The monoisotopic (exact) mass is 172 g/mol.